The van der Waals surface area contributed by atoms with Gasteiger partial charge in [0.2, 0.25) is 0 Å². The number of pyridine rings is 1. The number of halogens is 5. The number of ether oxygens (including phenoxy) is 1. The van der Waals surface area contributed by atoms with Gasteiger partial charge < -0.3 is 19.9 Å². The lowest BCUT2D eigenvalue weighted by Gasteiger charge is -2.35. The summed E-state index contributed by atoms with van der Waals surface area (Å²) in [5.41, 5.74) is -0.908. The molecule has 1 N–H and O–H groups in total. The van der Waals surface area contributed by atoms with Crippen LogP contribution in [0.3, 0.4) is 0 Å². The number of nitrogens with one attached hydrogen (secondary N) is 1. The summed E-state index contributed by atoms with van der Waals surface area (Å²) < 4.78 is 56.6. The van der Waals surface area contributed by atoms with E-state index in [2.05, 4.69) is 10.3 Å². The average molecular weight is 447 g/mol. The van der Waals surface area contributed by atoms with Gasteiger partial charge in [0, 0.05) is 38.4 Å². The monoisotopic (exact) mass is 446 g/mol. The summed E-state index contributed by atoms with van der Waals surface area (Å²) >= 11 is 5.98. The van der Waals surface area contributed by atoms with Crippen LogP contribution in [0.4, 0.5) is 28.2 Å². The minimum absolute atomic E-state index is 0.0859. The van der Waals surface area contributed by atoms with Crippen molar-refractivity contribution in [3.63, 3.8) is 0 Å². The van der Waals surface area contributed by atoms with E-state index >= 15 is 0 Å². The van der Waals surface area contributed by atoms with Crippen LogP contribution in [0.5, 0.6) is 5.75 Å². The number of nitrogens with zero attached hydrogens (tertiary/aromatic N) is 3. The molecule has 1 aliphatic rings. The maximum absolute atomic E-state index is 13.1. The fraction of sp³-hybridized carbons (Fsp3) is 0.368. The zero-order chi connectivity index (χ0) is 21.7. The number of amides is 2. The molecular formula is C19H19ClF4N4O2. The molecule has 2 amide bonds. The molecule has 162 valence electrons. The fourth-order valence-electron chi connectivity index (χ4n) is 2.94. The van der Waals surface area contributed by atoms with E-state index in [0.29, 0.717) is 31.9 Å². The largest absolute Gasteiger partial charge is 0.492 e. The molecule has 0 aliphatic carbocycles. The topological polar surface area (TPSA) is 57.7 Å². The van der Waals surface area contributed by atoms with Gasteiger partial charge in [-0.3, -0.25) is 0 Å². The van der Waals surface area contributed by atoms with Crippen molar-refractivity contribution in [2.24, 2.45) is 0 Å². The van der Waals surface area contributed by atoms with E-state index in [0.717, 1.165) is 12.3 Å². The molecule has 1 saturated heterocycles. The number of benzene rings is 1. The minimum Gasteiger partial charge on any atom is -0.492 e. The van der Waals surface area contributed by atoms with Gasteiger partial charge in [-0.25, -0.2) is 14.2 Å². The Morgan fingerprint density at radius 2 is 1.93 bits per heavy atom. The van der Waals surface area contributed by atoms with Gasteiger partial charge in [0.15, 0.2) is 0 Å². The van der Waals surface area contributed by atoms with Crippen molar-refractivity contribution < 1.29 is 27.1 Å². The standard InChI is InChI=1S/C19H19ClF4N4O2/c20-16-10-13(19(22,23)24)12-26-17(16)27-5-7-28(8-6-27)18(29)25-4-9-30-15-3-1-2-14(21)11-15/h1-3,10-12H,4-9H2,(H,25,29). The first-order valence-electron chi connectivity index (χ1n) is 9.13. The Bertz CT molecular complexity index is 889. The molecule has 0 unspecified atom stereocenters. The Balaban J connectivity index is 1.44. The highest BCUT2D eigenvalue weighted by atomic mass is 35.5. The molecule has 1 aromatic heterocycles. The lowest BCUT2D eigenvalue weighted by Crippen LogP contribution is -2.52. The van der Waals surface area contributed by atoms with Crippen molar-refractivity contribution in [2.75, 3.05) is 44.2 Å². The molecule has 1 fully saturated rings. The zero-order valence-corrected chi connectivity index (χ0v) is 16.5. The van der Waals surface area contributed by atoms with Crippen molar-refractivity contribution in [1.29, 1.82) is 0 Å². The molecule has 2 aromatic rings. The first-order chi connectivity index (χ1) is 14.2. The van der Waals surface area contributed by atoms with Crippen LogP contribution < -0.4 is 15.0 Å². The number of rotatable bonds is 5. The number of piperazine rings is 1. The SMILES string of the molecule is O=C(NCCOc1cccc(F)c1)N1CCN(c2ncc(C(F)(F)F)cc2Cl)CC1. The highest BCUT2D eigenvalue weighted by Gasteiger charge is 2.32. The summed E-state index contributed by atoms with van der Waals surface area (Å²) in [5, 5.41) is 2.62. The van der Waals surface area contributed by atoms with E-state index in [1.165, 1.54) is 18.2 Å². The third-order valence-corrected chi connectivity index (χ3v) is 4.74. The highest BCUT2D eigenvalue weighted by molar-refractivity contribution is 6.33. The number of aromatic nitrogens is 1. The molecule has 6 nitrogen and oxygen atoms in total. The van der Waals surface area contributed by atoms with E-state index in [4.69, 9.17) is 16.3 Å². The first kappa shape index (κ1) is 21.9. The van der Waals surface area contributed by atoms with Gasteiger partial charge in [-0.2, -0.15) is 13.2 Å². The molecular weight excluding hydrogens is 428 g/mol. The lowest BCUT2D eigenvalue weighted by atomic mass is 10.2. The summed E-state index contributed by atoms with van der Waals surface area (Å²) in [5.74, 6) is 0.226. The van der Waals surface area contributed by atoms with Crippen molar-refractivity contribution in [2.45, 2.75) is 6.18 Å². The number of hydrogen-bond acceptors (Lipinski definition) is 4. The Hall–Kier alpha value is -2.75. The molecule has 11 heteroatoms. The lowest BCUT2D eigenvalue weighted by molar-refractivity contribution is -0.137. The molecule has 0 atom stereocenters. The Labute approximate surface area is 175 Å². The molecule has 0 spiro atoms. The van der Waals surface area contributed by atoms with E-state index < -0.39 is 17.6 Å². The Morgan fingerprint density at radius 3 is 2.57 bits per heavy atom. The van der Waals surface area contributed by atoms with Crippen molar-refractivity contribution in [1.82, 2.24) is 15.2 Å². The summed E-state index contributed by atoms with van der Waals surface area (Å²) in [6, 6.07) is 6.26. The van der Waals surface area contributed by atoms with Gasteiger partial charge in [-0.1, -0.05) is 17.7 Å². The van der Waals surface area contributed by atoms with Crippen molar-refractivity contribution in [3.8, 4) is 5.75 Å². The molecule has 0 bridgehead atoms. The maximum Gasteiger partial charge on any atom is 0.417 e. The number of anilines is 1. The van der Waals surface area contributed by atoms with Crippen LogP contribution in [-0.4, -0.2) is 55.2 Å². The van der Waals surface area contributed by atoms with Crippen LogP contribution in [0.25, 0.3) is 0 Å². The van der Waals surface area contributed by atoms with Gasteiger partial charge in [0.05, 0.1) is 17.1 Å². The minimum atomic E-state index is -4.51. The molecule has 1 aromatic carbocycles. The Kier molecular flexibility index (Phi) is 6.86. The molecule has 2 heterocycles. The van der Waals surface area contributed by atoms with Gasteiger partial charge in [0.1, 0.15) is 24.0 Å². The highest BCUT2D eigenvalue weighted by Crippen LogP contribution is 2.33. The second kappa shape index (κ2) is 9.38. The van der Waals surface area contributed by atoms with Crippen LogP contribution in [0, 0.1) is 5.82 Å². The number of carbonyl (C=O) groups excluding carboxylic acids is 1. The zero-order valence-electron chi connectivity index (χ0n) is 15.8. The van der Waals surface area contributed by atoms with E-state index in [9.17, 15) is 22.4 Å². The van der Waals surface area contributed by atoms with Gasteiger partial charge in [0.25, 0.3) is 0 Å². The second-order valence-corrected chi connectivity index (χ2v) is 6.95. The van der Waals surface area contributed by atoms with E-state index in [1.807, 2.05) is 0 Å². The van der Waals surface area contributed by atoms with E-state index in [-0.39, 0.29) is 30.0 Å². The number of hydrogen-bond donors (Lipinski definition) is 1. The van der Waals surface area contributed by atoms with Crippen molar-refractivity contribution in [3.05, 3.63) is 52.9 Å². The number of alkyl halides is 3. The predicted octanol–water partition coefficient (Wildman–Crippen LogP) is 3.80. The fourth-order valence-corrected chi connectivity index (χ4v) is 3.22. The van der Waals surface area contributed by atoms with Gasteiger partial charge in [-0.15, -0.1) is 0 Å². The van der Waals surface area contributed by atoms with Crippen LogP contribution in [0.15, 0.2) is 36.5 Å². The number of urea groups is 1. The molecule has 1 aliphatic heterocycles. The Morgan fingerprint density at radius 1 is 1.20 bits per heavy atom. The van der Waals surface area contributed by atoms with Gasteiger partial charge in [-0.05, 0) is 18.2 Å². The molecule has 30 heavy (non-hydrogen) atoms. The number of carbonyl (C=O) groups is 1. The second-order valence-electron chi connectivity index (χ2n) is 6.54. The molecule has 0 radical (unpaired) electrons. The third kappa shape index (κ3) is 5.65. The third-order valence-electron chi connectivity index (χ3n) is 4.46. The summed E-state index contributed by atoms with van der Waals surface area (Å²) in [6.07, 6.45) is -3.76. The smallest absolute Gasteiger partial charge is 0.417 e. The van der Waals surface area contributed by atoms with Gasteiger partial charge >= 0.3 is 12.2 Å². The molecule has 3 rings (SSSR count). The summed E-state index contributed by atoms with van der Waals surface area (Å²) in [4.78, 5) is 19.4. The first-order valence-corrected chi connectivity index (χ1v) is 9.50. The average Bonchev–Trinajstić information content (AvgIpc) is 2.70. The normalized spacial score (nSPS) is 14.6. The predicted molar refractivity (Wildman–Crippen MR) is 103 cm³/mol. The summed E-state index contributed by atoms with van der Waals surface area (Å²) in [7, 11) is 0. The van der Waals surface area contributed by atoms with Crippen LogP contribution in [0.1, 0.15) is 5.56 Å². The van der Waals surface area contributed by atoms with E-state index in [1.54, 1.807) is 15.9 Å². The van der Waals surface area contributed by atoms with Crippen molar-refractivity contribution >= 4 is 23.4 Å². The maximum atomic E-state index is 13.1. The quantitative estimate of drug-likeness (QED) is 0.560. The van der Waals surface area contributed by atoms with Crippen LogP contribution in [-0.2, 0) is 6.18 Å². The van der Waals surface area contributed by atoms with Crippen LogP contribution >= 0.6 is 11.6 Å². The summed E-state index contributed by atoms with van der Waals surface area (Å²) in [6.45, 7) is 1.89. The molecule has 0 saturated carbocycles. The van der Waals surface area contributed by atoms with Crippen LogP contribution in [0.2, 0.25) is 5.02 Å².